The maximum Gasteiger partial charge on any atom is 0.181 e. The number of aromatic nitrogens is 6. The third kappa shape index (κ3) is 2.95. The Morgan fingerprint density at radius 3 is 2.55 bits per heavy atom. The van der Waals surface area contributed by atoms with Crippen LogP contribution >= 0.6 is 0 Å². The highest BCUT2D eigenvalue weighted by molar-refractivity contribution is 5.99. The quantitative estimate of drug-likeness (QED) is 0.414. The Balaban J connectivity index is 1.52. The first-order valence-electron chi connectivity index (χ1n) is 9.75. The van der Waals surface area contributed by atoms with E-state index in [9.17, 15) is 4.39 Å². The van der Waals surface area contributed by atoms with Crippen LogP contribution in [0.2, 0.25) is 0 Å². The predicted molar refractivity (Wildman–Crippen MR) is 118 cm³/mol. The number of fused-ring (bicyclic) bond motifs is 2. The molecule has 7 heteroatoms. The summed E-state index contributed by atoms with van der Waals surface area (Å²) in [5.74, 6) is -0.271. The predicted octanol–water partition coefficient (Wildman–Crippen LogP) is 5.37. The SMILES string of the molecule is Fc1cccc(-c2ccnc3[nH]c(-c4[nH]nc5ncc(-c6ccncc6)cc45)cc23)c1. The van der Waals surface area contributed by atoms with Crippen molar-refractivity contribution in [3.05, 3.63) is 85.2 Å². The Morgan fingerprint density at radius 2 is 1.68 bits per heavy atom. The maximum absolute atomic E-state index is 13.8. The van der Waals surface area contributed by atoms with Crippen molar-refractivity contribution in [2.45, 2.75) is 0 Å². The second kappa shape index (κ2) is 6.84. The lowest BCUT2D eigenvalue weighted by Gasteiger charge is -2.02. The summed E-state index contributed by atoms with van der Waals surface area (Å²) in [4.78, 5) is 16.4. The summed E-state index contributed by atoms with van der Waals surface area (Å²) in [7, 11) is 0. The molecule has 6 nitrogen and oxygen atoms in total. The van der Waals surface area contributed by atoms with Crippen molar-refractivity contribution in [1.29, 1.82) is 0 Å². The van der Waals surface area contributed by atoms with Crippen LogP contribution in [0, 0.1) is 5.82 Å². The van der Waals surface area contributed by atoms with Crippen molar-refractivity contribution in [3.8, 4) is 33.6 Å². The molecule has 31 heavy (non-hydrogen) atoms. The fourth-order valence-corrected chi connectivity index (χ4v) is 3.88. The molecule has 0 aliphatic heterocycles. The van der Waals surface area contributed by atoms with Gasteiger partial charge in [0.25, 0.3) is 0 Å². The Labute approximate surface area is 175 Å². The molecule has 0 aliphatic carbocycles. The van der Waals surface area contributed by atoms with Crippen molar-refractivity contribution in [2.75, 3.05) is 0 Å². The first-order chi connectivity index (χ1) is 15.3. The molecule has 5 heterocycles. The number of halogens is 1. The van der Waals surface area contributed by atoms with E-state index in [1.807, 2.05) is 30.3 Å². The number of nitrogens with zero attached hydrogens (tertiary/aromatic N) is 4. The fourth-order valence-electron chi connectivity index (χ4n) is 3.88. The molecule has 0 unspecified atom stereocenters. The fraction of sp³-hybridized carbons (Fsp3) is 0. The van der Waals surface area contributed by atoms with Gasteiger partial charge in [0.1, 0.15) is 11.5 Å². The second-order valence-electron chi connectivity index (χ2n) is 7.24. The van der Waals surface area contributed by atoms with Gasteiger partial charge < -0.3 is 4.98 Å². The summed E-state index contributed by atoms with van der Waals surface area (Å²) in [6.07, 6.45) is 7.04. The van der Waals surface area contributed by atoms with Crippen LogP contribution in [0.4, 0.5) is 4.39 Å². The summed E-state index contributed by atoms with van der Waals surface area (Å²) in [5.41, 5.74) is 6.72. The summed E-state index contributed by atoms with van der Waals surface area (Å²) in [6, 6.07) is 16.4. The molecular formula is C24H15FN6. The van der Waals surface area contributed by atoms with Gasteiger partial charge in [-0.1, -0.05) is 12.1 Å². The largest absolute Gasteiger partial charge is 0.338 e. The van der Waals surface area contributed by atoms with E-state index in [1.165, 1.54) is 12.1 Å². The van der Waals surface area contributed by atoms with E-state index < -0.39 is 0 Å². The molecule has 6 rings (SSSR count). The third-order valence-electron chi connectivity index (χ3n) is 5.36. The molecular weight excluding hydrogens is 391 g/mol. The molecule has 0 saturated carbocycles. The van der Waals surface area contributed by atoms with Crippen LogP contribution in [0.15, 0.2) is 79.4 Å². The number of nitrogens with one attached hydrogen (secondary N) is 2. The molecule has 0 bridgehead atoms. The van der Waals surface area contributed by atoms with Crippen LogP contribution in [-0.4, -0.2) is 30.1 Å². The number of hydrogen-bond donors (Lipinski definition) is 2. The summed E-state index contributed by atoms with van der Waals surface area (Å²) in [5, 5.41) is 9.25. The number of rotatable bonds is 3. The van der Waals surface area contributed by atoms with Gasteiger partial charge in [0.05, 0.1) is 11.4 Å². The van der Waals surface area contributed by atoms with Crippen molar-refractivity contribution in [2.24, 2.45) is 0 Å². The highest BCUT2D eigenvalue weighted by atomic mass is 19.1. The molecule has 0 amide bonds. The molecule has 5 aromatic heterocycles. The number of H-pyrrole nitrogens is 2. The minimum Gasteiger partial charge on any atom is -0.338 e. The zero-order valence-electron chi connectivity index (χ0n) is 16.2. The van der Waals surface area contributed by atoms with Crippen LogP contribution in [0.3, 0.4) is 0 Å². The molecule has 6 aromatic rings. The first kappa shape index (κ1) is 17.5. The molecule has 0 radical (unpaired) electrons. The zero-order valence-corrected chi connectivity index (χ0v) is 16.2. The minimum absolute atomic E-state index is 0.271. The number of aromatic amines is 2. The van der Waals surface area contributed by atoms with E-state index in [0.717, 1.165) is 50.1 Å². The second-order valence-corrected chi connectivity index (χ2v) is 7.24. The number of pyridine rings is 3. The topological polar surface area (TPSA) is 83.1 Å². The van der Waals surface area contributed by atoms with E-state index in [0.29, 0.717) is 5.65 Å². The van der Waals surface area contributed by atoms with Gasteiger partial charge in [-0.2, -0.15) is 5.10 Å². The molecule has 0 aliphatic rings. The standard InChI is InChI=1S/C24H15FN6/c25-17-3-1-2-15(10-17)18-6-9-27-23-19(18)12-21(29-23)22-20-11-16(13-28-24(20)31-30-22)14-4-7-26-8-5-14/h1-13H,(H,27,29)(H,28,30,31). The van der Waals surface area contributed by atoms with E-state index in [2.05, 4.69) is 36.2 Å². The van der Waals surface area contributed by atoms with Gasteiger partial charge in [-0.3, -0.25) is 10.1 Å². The van der Waals surface area contributed by atoms with Crippen molar-refractivity contribution in [1.82, 2.24) is 30.1 Å². The lowest BCUT2D eigenvalue weighted by Crippen LogP contribution is -1.83. The monoisotopic (exact) mass is 406 g/mol. The van der Waals surface area contributed by atoms with E-state index in [-0.39, 0.29) is 5.82 Å². The van der Waals surface area contributed by atoms with Crippen molar-refractivity contribution in [3.63, 3.8) is 0 Å². The van der Waals surface area contributed by atoms with Crippen LogP contribution < -0.4 is 0 Å². The molecule has 2 N–H and O–H groups in total. The van der Waals surface area contributed by atoms with Crippen LogP contribution in [0.5, 0.6) is 0 Å². The van der Waals surface area contributed by atoms with E-state index in [1.54, 1.807) is 30.9 Å². The van der Waals surface area contributed by atoms with Crippen LogP contribution in [-0.2, 0) is 0 Å². The molecule has 0 atom stereocenters. The molecule has 148 valence electrons. The van der Waals surface area contributed by atoms with Crippen LogP contribution in [0.25, 0.3) is 55.7 Å². The average Bonchev–Trinajstić information content (AvgIpc) is 3.43. The normalized spacial score (nSPS) is 11.4. The van der Waals surface area contributed by atoms with Gasteiger partial charge in [-0.25, -0.2) is 14.4 Å². The van der Waals surface area contributed by atoms with Crippen molar-refractivity contribution < 1.29 is 4.39 Å². The van der Waals surface area contributed by atoms with E-state index >= 15 is 0 Å². The molecule has 0 fully saturated rings. The average molecular weight is 406 g/mol. The molecule has 0 saturated heterocycles. The lowest BCUT2D eigenvalue weighted by molar-refractivity contribution is 0.628. The summed E-state index contributed by atoms with van der Waals surface area (Å²) in [6.45, 7) is 0. The van der Waals surface area contributed by atoms with Gasteiger partial charge in [0.2, 0.25) is 0 Å². The number of hydrogen-bond acceptors (Lipinski definition) is 4. The Morgan fingerprint density at radius 1 is 0.774 bits per heavy atom. The van der Waals surface area contributed by atoms with Gasteiger partial charge in [-0.05, 0) is 59.2 Å². The summed E-state index contributed by atoms with van der Waals surface area (Å²) < 4.78 is 13.8. The van der Waals surface area contributed by atoms with Gasteiger partial charge >= 0.3 is 0 Å². The lowest BCUT2D eigenvalue weighted by atomic mass is 10.0. The Bertz CT molecular complexity index is 1550. The molecule has 1 aromatic carbocycles. The van der Waals surface area contributed by atoms with Gasteiger partial charge in [0.15, 0.2) is 5.65 Å². The summed E-state index contributed by atoms with van der Waals surface area (Å²) >= 11 is 0. The third-order valence-corrected chi connectivity index (χ3v) is 5.36. The Kier molecular flexibility index (Phi) is 3.86. The number of benzene rings is 1. The van der Waals surface area contributed by atoms with Crippen molar-refractivity contribution >= 4 is 22.1 Å². The highest BCUT2D eigenvalue weighted by Crippen LogP contribution is 2.34. The van der Waals surface area contributed by atoms with E-state index in [4.69, 9.17) is 0 Å². The smallest absolute Gasteiger partial charge is 0.181 e. The highest BCUT2D eigenvalue weighted by Gasteiger charge is 2.15. The minimum atomic E-state index is -0.271. The molecule has 0 spiro atoms. The van der Waals surface area contributed by atoms with Crippen LogP contribution in [0.1, 0.15) is 0 Å². The maximum atomic E-state index is 13.8. The Hall–Kier alpha value is -4.39. The van der Waals surface area contributed by atoms with Gasteiger partial charge in [0, 0.05) is 41.1 Å². The zero-order chi connectivity index (χ0) is 20.8. The van der Waals surface area contributed by atoms with Gasteiger partial charge in [-0.15, -0.1) is 0 Å². The first-order valence-corrected chi connectivity index (χ1v) is 9.75.